The Bertz CT molecular complexity index is 1150. The fourth-order valence-electron chi connectivity index (χ4n) is 3.33. The molecular weight excluding hydrogens is 603 g/mol. The predicted octanol–water partition coefficient (Wildman–Crippen LogP) is 3.02. The van der Waals surface area contributed by atoms with Crippen LogP contribution in [0.25, 0.3) is 0 Å². The van der Waals surface area contributed by atoms with Crippen LogP contribution in [0.3, 0.4) is 0 Å². The third kappa shape index (κ3) is 7.80. The lowest BCUT2D eigenvalue weighted by Gasteiger charge is -2.14. The number of carbonyl (C=O) groups excluding carboxylic acids is 3. The molecule has 1 aliphatic heterocycles. The minimum atomic E-state index is -0.883. The molecule has 1 atom stereocenters. The summed E-state index contributed by atoms with van der Waals surface area (Å²) in [5.74, 6) is -1.28. The van der Waals surface area contributed by atoms with Gasteiger partial charge in [-0.2, -0.15) is 5.10 Å². The van der Waals surface area contributed by atoms with E-state index in [1.54, 1.807) is 30.3 Å². The highest BCUT2D eigenvalue weighted by Gasteiger charge is 2.19. The SMILES string of the molecule is COc1cc(/C=N\NC(=O)C(=O)NC[C@@H]2CCCO2)cc(I)c1OCC(=O)Nc1cccc(Cl)c1C. The highest BCUT2D eigenvalue weighted by Crippen LogP contribution is 2.33. The molecule has 1 saturated heterocycles. The minimum Gasteiger partial charge on any atom is -0.493 e. The molecule has 36 heavy (non-hydrogen) atoms. The van der Waals surface area contributed by atoms with Crippen LogP contribution in [0.1, 0.15) is 24.0 Å². The number of ether oxygens (including phenoxy) is 3. The number of carbonyl (C=O) groups is 3. The molecule has 1 heterocycles. The Kier molecular flexibility index (Phi) is 10.3. The van der Waals surface area contributed by atoms with E-state index in [0.717, 1.165) is 18.4 Å². The van der Waals surface area contributed by atoms with Gasteiger partial charge in [-0.3, -0.25) is 14.4 Å². The van der Waals surface area contributed by atoms with Gasteiger partial charge < -0.3 is 24.8 Å². The summed E-state index contributed by atoms with van der Waals surface area (Å²) in [7, 11) is 1.47. The van der Waals surface area contributed by atoms with Crippen LogP contribution in [0, 0.1) is 10.5 Å². The number of nitrogens with zero attached hydrogens (tertiary/aromatic N) is 1. The number of hydrogen-bond donors (Lipinski definition) is 3. The molecule has 192 valence electrons. The quantitative estimate of drug-likeness (QED) is 0.170. The second-order valence-corrected chi connectivity index (χ2v) is 9.40. The predicted molar refractivity (Wildman–Crippen MR) is 144 cm³/mol. The first-order valence-corrected chi connectivity index (χ1v) is 12.5. The average Bonchev–Trinajstić information content (AvgIpc) is 3.38. The van der Waals surface area contributed by atoms with Gasteiger partial charge in [0.05, 0.1) is 23.0 Å². The van der Waals surface area contributed by atoms with Crippen molar-refractivity contribution in [3.8, 4) is 11.5 Å². The summed E-state index contributed by atoms with van der Waals surface area (Å²) < 4.78 is 17.2. The number of hydrazone groups is 1. The van der Waals surface area contributed by atoms with Gasteiger partial charge in [-0.1, -0.05) is 17.7 Å². The number of hydrogen-bond acceptors (Lipinski definition) is 7. The summed E-state index contributed by atoms with van der Waals surface area (Å²) in [6, 6.07) is 8.60. The molecule has 0 bridgehead atoms. The molecule has 10 nitrogen and oxygen atoms in total. The smallest absolute Gasteiger partial charge is 0.329 e. The Labute approximate surface area is 227 Å². The summed E-state index contributed by atoms with van der Waals surface area (Å²) in [5, 5.41) is 9.68. The van der Waals surface area contributed by atoms with Crippen molar-refractivity contribution in [2.45, 2.75) is 25.9 Å². The van der Waals surface area contributed by atoms with Gasteiger partial charge in [0, 0.05) is 23.9 Å². The van der Waals surface area contributed by atoms with Crippen molar-refractivity contribution in [3.05, 3.63) is 50.1 Å². The van der Waals surface area contributed by atoms with Gasteiger partial charge in [0.15, 0.2) is 18.1 Å². The van der Waals surface area contributed by atoms with E-state index in [9.17, 15) is 14.4 Å². The second kappa shape index (κ2) is 13.4. The minimum absolute atomic E-state index is 0.0625. The van der Waals surface area contributed by atoms with E-state index in [2.05, 4.69) is 21.2 Å². The van der Waals surface area contributed by atoms with E-state index in [1.807, 2.05) is 29.5 Å². The topological polar surface area (TPSA) is 127 Å². The van der Waals surface area contributed by atoms with E-state index in [-0.39, 0.29) is 25.2 Å². The largest absolute Gasteiger partial charge is 0.493 e. The molecule has 0 radical (unpaired) electrons. The van der Waals surface area contributed by atoms with E-state index in [4.69, 9.17) is 25.8 Å². The van der Waals surface area contributed by atoms with Crippen molar-refractivity contribution >= 4 is 63.8 Å². The highest BCUT2D eigenvalue weighted by atomic mass is 127. The van der Waals surface area contributed by atoms with Crippen molar-refractivity contribution in [1.29, 1.82) is 0 Å². The van der Waals surface area contributed by atoms with Crippen LogP contribution < -0.4 is 25.5 Å². The van der Waals surface area contributed by atoms with Gasteiger partial charge in [-0.25, -0.2) is 5.43 Å². The number of halogens is 2. The average molecular weight is 629 g/mol. The molecule has 1 fully saturated rings. The van der Waals surface area contributed by atoms with Crippen LogP contribution in [0.5, 0.6) is 11.5 Å². The monoisotopic (exact) mass is 628 g/mol. The molecule has 0 unspecified atom stereocenters. The third-order valence-corrected chi connectivity index (χ3v) is 6.45. The van der Waals surface area contributed by atoms with Gasteiger partial charge in [-0.15, -0.1) is 0 Å². The number of anilines is 1. The number of amides is 3. The van der Waals surface area contributed by atoms with Crippen molar-refractivity contribution < 1.29 is 28.6 Å². The molecular formula is C24H26ClIN4O6. The molecule has 0 spiro atoms. The Hall–Kier alpha value is -2.90. The lowest BCUT2D eigenvalue weighted by Crippen LogP contribution is -2.41. The first-order chi connectivity index (χ1) is 17.3. The molecule has 12 heteroatoms. The van der Waals surface area contributed by atoms with Gasteiger partial charge >= 0.3 is 11.8 Å². The first kappa shape index (κ1) is 27.7. The maximum atomic E-state index is 12.4. The number of methoxy groups -OCH3 is 1. The maximum Gasteiger partial charge on any atom is 0.329 e. The molecule has 2 aromatic carbocycles. The van der Waals surface area contributed by atoms with Crippen molar-refractivity contribution in [2.24, 2.45) is 5.10 Å². The first-order valence-electron chi connectivity index (χ1n) is 11.1. The van der Waals surface area contributed by atoms with Crippen LogP contribution in [0.2, 0.25) is 5.02 Å². The van der Waals surface area contributed by atoms with E-state index in [1.165, 1.54) is 13.3 Å². The highest BCUT2D eigenvalue weighted by molar-refractivity contribution is 14.1. The van der Waals surface area contributed by atoms with Crippen LogP contribution in [0.4, 0.5) is 5.69 Å². The lowest BCUT2D eigenvalue weighted by molar-refractivity contribution is -0.139. The third-order valence-electron chi connectivity index (χ3n) is 5.24. The van der Waals surface area contributed by atoms with E-state index in [0.29, 0.717) is 37.9 Å². The molecule has 1 aliphatic rings. The molecule has 2 aromatic rings. The normalized spacial score (nSPS) is 14.9. The molecule has 0 aromatic heterocycles. The van der Waals surface area contributed by atoms with Crippen molar-refractivity contribution in [2.75, 3.05) is 32.2 Å². The Morgan fingerprint density at radius 3 is 2.81 bits per heavy atom. The molecule has 3 amide bonds. The molecule has 0 aliphatic carbocycles. The summed E-state index contributed by atoms with van der Waals surface area (Å²) in [4.78, 5) is 36.2. The molecule has 0 saturated carbocycles. The Morgan fingerprint density at radius 1 is 1.28 bits per heavy atom. The zero-order valence-corrected chi connectivity index (χ0v) is 22.6. The van der Waals surface area contributed by atoms with Gasteiger partial charge in [0.1, 0.15) is 0 Å². The summed E-state index contributed by atoms with van der Waals surface area (Å²) in [6.45, 7) is 2.51. The second-order valence-electron chi connectivity index (χ2n) is 7.83. The van der Waals surface area contributed by atoms with Crippen molar-refractivity contribution in [1.82, 2.24) is 10.7 Å². The number of benzene rings is 2. The zero-order valence-electron chi connectivity index (χ0n) is 19.7. The number of nitrogens with one attached hydrogen (secondary N) is 3. The zero-order chi connectivity index (χ0) is 26.1. The standard InChI is InChI=1S/C24H26ClIN4O6/c1-14-17(25)6-3-7-19(14)29-21(31)13-36-22-18(26)9-15(10-20(22)34-2)11-28-30-24(33)23(32)27-12-16-5-4-8-35-16/h3,6-7,9-11,16H,4-5,8,12-13H2,1-2H3,(H,27,32)(H,29,31)(H,30,33)/b28-11-/t16-/m0/s1. The number of rotatable bonds is 9. The molecule has 3 N–H and O–H groups in total. The van der Waals surface area contributed by atoms with Crippen LogP contribution in [-0.4, -0.2) is 56.9 Å². The van der Waals surface area contributed by atoms with Crippen molar-refractivity contribution in [3.63, 3.8) is 0 Å². The summed E-state index contributed by atoms with van der Waals surface area (Å²) in [5.41, 5.74) is 4.14. The van der Waals surface area contributed by atoms with Crippen LogP contribution >= 0.6 is 34.2 Å². The summed E-state index contributed by atoms with van der Waals surface area (Å²) in [6.07, 6.45) is 3.10. The van der Waals surface area contributed by atoms with Crippen LogP contribution in [-0.2, 0) is 19.1 Å². The molecule has 3 rings (SSSR count). The van der Waals surface area contributed by atoms with E-state index >= 15 is 0 Å². The fraction of sp³-hybridized carbons (Fsp3) is 0.333. The fourth-order valence-corrected chi connectivity index (χ4v) is 4.29. The maximum absolute atomic E-state index is 12.4. The Balaban J connectivity index is 1.54. The summed E-state index contributed by atoms with van der Waals surface area (Å²) >= 11 is 8.14. The lowest BCUT2D eigenvalue weighted by atomic mass is 10.2. The van der Waals surface area contributed by atoms with E-state index < -0.39 is 11.8 Å². The van der Waals surface area contributed by atoms with Gasteiger partial charge in [-0.05, 0) is 77.7 Å². The Morgan fingerprint density at radius 2 is 2.08 bits per heavy atom. The van der Waals surface area contributed by atoms with Crippen LogP contribution in [0.15, 0.2) is 35.4 Å². The van der Waals surface area contributed by atoms with Gasteiger partial charge in [0.25, 0.3) is 5.91 Å². The van der Waals surface area contributed by atoms with Gasteiger partial charge in [0.2, 0.25) is 0 Å².